The third kappa shape index (κ3) is 2.10. The van der Waals surface area contributed by atoms with Gasteiger partial charge in [0.15, 0.2) is 0 Å². The average Bonchev–Trinajstić information content (AvgIpc) is 2.60. The minimum absolute atomic E-state index is 0.166. The lowest BCUT2D eigenvalue weighted by Crippen LogP contribution is -2.31. The molecule has 1 aromatic rings. The van der Waals surface area contributed by atoms with Crippen molar-refractivity contribution in [3.05, 3.63) is 11.6 Å². The van der Waals surface area contributed by atoms with E-state index in [0.717, 1.165) is 0 Å². The zero-order valence-corrected chi connectivity index (χ0v) is 8.24. The van der Waals surface area contributed by atoms with E-state index in [1.54, 1.807) is 6.92 Å². The largest absolute Gasteiger partial charge is 0.325 e. The quantitative estimate of drug-likeness (QED) is 0.696. The van der Waals surface area contributed by atoms with Gasteiger partial charge in [-0.3, -0.25) is 9.89 Å². The number of hydrogen-bond donors (Lipinski definition) is 1. The number of terminal acetylenes is 1. The normalized spacial score (nSPS) is 9.50. The Morgan fingerprint density at radius 2 is 2.43 bits per heavy atom. The van der Waals surface area contributed by atoms with Gasteiger partial charge in [-0.05, 0) is 13.8 Å². The Kier molecular flexibility index (Phi) is 3.24. The van der Waals surface area contributed by atoms with Crippen molar-refractivity contribution in [3.63, 3.8) is 0 Å². The van der Waals surface area contributed by atoms with Gasteiger partial charge in [0.1, 0.15) is 5.82 Å². The highest BCUT2D eigenvalue weighted by atomic mass is 16.2. The molecule has 1 amide bonds. The summed E-state index contributed by atoms with van der Waals surface area (Å²) in [6.07, 6.45) is 5.13. The Bertz CT molecular complexity index is 363. The molecule has 5 nitrogen and oxygen atoms in total. The van der Waals surface area contributed by atoms with E-state index in [-0.39, 0.29) is 18.3 Å². The first-order valence-electron chi connectivity index (χ1n) is 4.30. The van der Waals surface area contributed by atoms with E-state index in [4.69, 9.17) is 6.42 Å². The van der Waals surface area contributed by atoms with Gasteiger partial charge in [-0.2, -0.15) is 0 Å². The van der Waals surface area contributed by atoms with Crippen LogP contribution in [0.1, 0.15) is 23.4 Å². The Morgan fingerprint density at radius 1 is 1.71 bits per heavy atom. The van der Waals surface area contributed by atoms with Gasteiger partial charge < -0.3 is 4.90 Å². The van der Waals surface area contributed by atoms with Crippen LogP contribution in [0.2, 0.25) is 0 Å². The monoisotopic (exact) mass is 192 g/mol. The topological polar surface area (TPSA) is 61.9 Å². The summed E-state index contributed by atoms with van der Waals surface area (Å²) >= 11 is 0. The summed E-state index contributed by atoms with van der Waals surface area (Å²) in [6.45, 7) is 4.43. The smallest absolute Gasteiger partial charge is 0.294 e. The van der Waals surface area contributed by atoms with Crippen LogP contribution < -0.4 is 0 Å². The number of amides is 1. The van der Waals surface area contributed by atoms with Crippen LogP contribution in [-0.4, -0.2) is 39.1 Å². The Balaban J connectivity index is 2.78. The maximum Gasteiger partial charge on any atom is 0.294 e. The van der Waals surface area contributed by atoms with Gasteiger partial charge in [-0.15, -0.1) is 11.5 Å². The Hall–Kier alpha value is -1.83. The molecule has 0 aliphatic heterocycles. The van der Waals surface area contributed by atoms with Crippen LogP contribution in [0, 0.1) is 19.3 Å². The molecule has 0 radical (unpaired) electrons. The van der Waals surface area contributed by atoms with Gasteiger partial charge in [0.05, 0.1) is 6.54 Å². The highest BCUT2D eigenvalue weighted by Gasteiger charge is 2.17. The second kappa shape index (κ2) is 4.42. The van der Waals surface area contributed by atoms with Gasteiger partial charge in [0, 0.05) is 6.54 Å². The summed E-state index contributed by atoms with van der Waals surface area (Å²) in [7, 11) is 0. The molecular weight excluding hydrogens is 180 g/mol. The van der Waals surface area contributed by atoms with E-state index >= 15 is 0 Å². The summed E-state index contributed by atoms with van der Waals surface area (Å²) in [5, 5.41) is 6.38. The summed E-state index contributed by atoms with van der Waals surface area (Å²) in [5.74, 6) is 2.96. The Morgan fingerprint density at radius 3 is 2.86 bits per heavy atom. The number of nitrogens with one attached hydrogen (secondary N) is 1. The van der Waals surface area contributed by atoms with Crippen LogP contribution in [0.4, 0.5) is 0 Å². The van der Waals surface area contributed by atoms with Crippen molar-refractivity contribution >= 4 is 5.91 Å². The van der Waals surface area contributed by atoms with Crippen molar-refractivity contribution in [2.45, 2.75) is 13.8 Å². The van der Waals surface area contributed by atoms with Gasteiger partial charge >= 0.3 is 0 Å². The molecule has 0 aliphatic carbocycles. The minimum atomic E-state index is -0.241. The molecule has 1 heterocycles. The van der Waals surface area contributed by atoms with E-state index in [1.807, 2.05) is 6.92 Å². The van der Waals surface area contributed by atoms with Crippen LogP contribution in [0.5, 0.6) is 0 Å². The standard InChI is InChI=1S/C9H12N4O/c1-4-6-13(5-2)9(14)8-10-7(3)11-12-8/h1H,5-6H2,2-3H3,(H,10,11,12). The lowest BCUT2D eigenvalue weighted by atomic mass is 10.4. The number of H-pyrrole nitrogens is 1. The Labute approximate surface area is 82.5 Å². The predicted octanol–water partition coefficient (Wildman–Crippen LogP) is 0.208. The second-order valence-corrected chi connectivity index (χ2v) is 2.77. The molecule has 74 valence electrons. The van der Waals surface area contributed by atoms with Crippen LogP contribution in [-0.2, 0) is 0 Å². The number of hydrogen-bond acceptors (Lipinski definition) is 3. The molecule has 0 saturated heterocycles. The molecule has 0 aromatic carbocycles. The zero-order chi connectivity index (χ0) is 10.6. The number of aromatic nitrogens is 3. The summed E-state index contributed by atoms with van der Waals surface area (Å²) in [4.78, 5) is 17.1. The predicted molar refractivity (Wildman–Crippen MR) is 51.5 cm³/mol. The molecule has 0 aliphatic rings. The zero-order valence-electron chi connectivity index (χ0n) is 8.24. The molecule has 5 heteroatoms. The SMILES string of the molecule is C#CCN(CC)C(=O)c1n[nH]c(C)n1. The fourth-order valence-electron chi connectivity index (χ4n) is 1.02. The summed E-state index contributed by atoms with van der Waals surface area (Å²) in [6, 6.07) is 0. The molecule has 1 N–H and O–H groups in total. The van der Waals surface area contributed by atoms with Crippen molar-refractivity contribution < 1.29 is 4.79 Å². The van der Waals surface area contributed by atoms with Crippen molar-refractivity contribution in [1.29, 1.82) is 0 Å². The first kappa shape index (κ1) is 10.3. The first-order valence-corrected chi connectivity index (χ1v) is 4.30. The fraction of sp³-hybridized carbons (Fsp3) is 0.444. The molecule has 0 fully saturated rings. The molecular formula is C9H12N4O. The molecule has 0 bridgehead atoms. The summed E-state index contributed by atoms with van der Waals surface area (Å²) in [5.41, 5.74) is 0. The van der Waals surface area contributed by atoms with Gasteiger partial charge in [-0.1, -0.05) is 5.92 Å². The third-order valence-electron chi connectivity index (χ3n) is 1.74. The summed E-state index contributed by atoms with van der Waals surface area (Å²) < 4.78 is 0. The van der Waals surface area contributed by atoms with Crippen molar-refractivity contribution in [3.8, 4) is 12.3 Å². The van der Waals surface area contributed by atoms with E-state index in [0.29, 0.717) is 12.4 Å². The van der Waals surface area contributed by atoms with Gasteiger partial charge in [-0.25, -0.2) is 4.98 Å². The van der Waals surface area contributed by atoms with E-state index in [2.05, 4.69) is 21.1 Å². The van der Waals surface area contributed by atoms with Crippen LogP contribution in [0.25, 0.3) is 0 Å². The molecule has 1 rings (SSSR count). The van der Waals surface area contributed by atoms with Crippen molar-refractivity contribution in [2.75, 3.05) is 13.1 Å². The highest BCUT2D eigenvalue weighted by molar-refractivity contribution is 5.90. The maximum atomic E-state index is 11.7. The van der Waals surface area contributed by atoms with E-state index in [1.165, 1.54) is 4.90 Å². The number of carbonyl (C=O) groups excluding carboxylic acids is 1. The third-order valence-corrected chi connectivity index (χ3v) is 1.74. The van der Waals surface area contributed by atoms with Crippen molar-refractivity contribution in [1.82, 2.24) is 20.1 Å². The van der Waals surface area contributed by atoms with Crippen molar-refractivity contribution in [2.24, 2.45) is 0 Å². The number of aromatic amines is 1. The molecule has 0 saturated carbocycles. The van der Waals surface area contributed by atoms with Crippen LogP contribution in [0.3, 0.4) is 0 Å². The number of nitrogens with zero attached hydrogens (tertiary/aromatic N) is 3. The molecule has 0 spiro atoms. The molecule has 0 atom stereocenters. The molecule has 0 unspecified atom stereocenters. The van der Waals surface area contributed by atoms with Gasteiger partial charge in [0.25, 0.3) is 5.91 Å². The second-order valence-electron chi connectivity index (χ2n) is 2.77. The average molecular weight is 192 g/mol. The number of aryl methyl sites for hydroxylation is 1. The lowest BCUT2D eigenvalue weighted by Gasteiger charge is -2.15. The molecule has 14 heavy (non-hydrogen) atoms. The fourth-order valence-corrected chi connectivity index (χ4v) is 1.02. The first-order chi connectivity index (χ1) is 6.69. The molecule has 1 aromatic heterocycles. The lowest BCUT2D eigenvalue weighted by molar-refractivity contribution is 0.0773. The van der Waals surface area contributed by atoms with Crippen LogP contribution >= 0.6 is 0 Å². The van der Waals surface area contributed by atoms with E-state index < -0.39 is 0 Å². The van der Waals surface area contributed by atoms with E-state index in [9.17, 15) is 4.79 Å². The van der Waals surface area contributed by atoms with Crippen LogP contribution in [0.15, 0.2) is 0 Å². The minimum Gasteiger partial charge on any atom is -0.325 e. The van der Waals surface area contributed by atoms with Gasteiger partial charge in [0.2, 0.25) is 5.82 Å². The highest BCUT2D eigenvalue weighted by Crippen LogP contribution is 1.98. The number of carbonyl (C=O) groups is 1. The number of rotatable bonds is 3. The maximum absolute atomic E-state index is 11.7.